The summed E-state index contributed by atoms with van der Waals surface area (Å²) in [6, 6.07) is 12.6. The van der Waals surface area contributed by atoms with E-state index >= 15 is 0 Å². The van der Waals surface area contributed by atoms with Gasteiger partial charge in [-0.15, -0.1) is 0 Å². The molecule has 0 heterocycles. The number of hydrogen-bond donors (Lipinski definition) is 2. The summed E-state index contributed by atoms with van der Waals surface area (Å²) in [4.78, 5) is 22.8. The number of halogens is 1. The van der Waals surface area contributed by atoms with Gasteiger partial charge in [-0.3, -0.25) is 4.79 Å². The van der Waals surface area contributed by atoms with Crippen molar-refractivity contribution >= 4 is 29.2 Å². The van der Waals surface area contributed by atoms with Crippen molar-refractivity contribution < 1.29 is 19.4 Å². The number of amides is 1. The highest BCUT2D eigenvalue weighted by molar-refractivity contribution is 6.30. The van der Waals surface area contributed by atoms with Crippen LogP contribution < -0.4 is 10.1 Å². The predicted octanol–water partition coefficient (Wildman–Crippen LogP) is 3.44. The number of rotatable bonds is 5. The number of benzene rings is 2. The van der Waals surface area contributed by atoms with Gasteiger partial charge in [0.1, 0.15) is 5.75 Å². The largest absolute Gasteiger partial charge is 0.481 e. The minimum absolute atomic E-state index is 0.158. The quantitative estimate of drug-likeness (QED) is 0.885. The van der Waals surface area contributed by atoms with Crippen LogP contribution in [0.15, 0.2) is 48.5 Å². The van der Waals surface area contributed by atoms with Crippen molar-refractivity contribution in [2.45, 2.75) is 13.0 Å². The first-order valence-electron chi connectivity index (χ1n) is 6.52. The van der Waals surface area contributed by atoms with Crippen LogP contribution in [-0.2, 0) is 4.79 Å². The molecule has 6 heteroatoms. The van der Waals surface area contributed by atoms with E-state index in [0.29, 0.717) is 16.5 Å². The van der Waals surface area contributed by atoms with E-state index in [9.17, 15) is 9.59 Å². The van der Waals surface area contributed by atoms with Crippen LogP contribution >= 0.6 is 11.6 Å². The maximum absolute atomic E-state index is 12.0. The molecule has 2 aromatic rings. The van der Waals surface area contributed by atoms with Gasteiger partial charge in [0.15, 0.2) is 6.10 Å². The van der Waals surface area contributed by atoms with E-state index in [1.54, 1.807) is 31.2 Å². The van der Waals surface area contributed by atoms with Crippen LogP contribution in [0.3, 0.4) is 0 Å². The summed E-state index contributed by atoms with van der Waals surface area (Å²) >= 11 is 5.77. The van der Waals surface area contributed by atoms with Crippen LogP contribution in [0.4, 0.5) is 5.69 Å². The molecule has 114 valence electrons. The highest BCUT2D eigenvalue weighted by atomic mass is 35.5. The van der Waals surface area contributed by atoms with Gasteiger partial charge >= 0.3 is 5.97 Å². The summed E-state index contributed by atoms with van der Waals surface area (Å²) in [5.41, 5.74) is 0.775. The molecule has 0 spiro atoms. The maximum atomic E-state index is 12.0. The van der Waals surface area contributed by atoms with Gasteiger partial charge in [0.2, 0.25) is 0 Å². The third-order valence-electron chi connectivity index (χ3n) is 2.90. The molecule has 1 atom stereocenters. The maximum Gasteiger partial charge on any atom is 0.335 e. The Hall–Kier alpha value is -2.53. The van der Waals surface area contributed by atoms with E-state index in [4.69, 9.17) is 21.4 Å². The summed E-state index contributed by atoms with van der Waals surface area (Å²) in [6.45, 7) is 1.61. The molecule has 0 aliphatic heterocycles. The Bertz CT molecular complexity index is 668. The molecule has 0 bridgehead atoms. The van der Waals surface area contributed by atoms with Gasteiger partial charge in [-0.05, 0) is 55.5 Å². The predicted molar refractivity (Wildman–Crippen MR) is 83.6 cm³/mol. The second-order valence-electron chi connectivity index (χ2n) is 4.59. The zero-order valence-corrected chi connectivity index (χ0v) is 12.5. The molecule has 1 amide bonds. The average molecular weight is 320 g/mol. The second kappa shape index (κ2) is 6.95. The first kappa shape index (κ1) is 15.9. The van der Waals surface area contributed by atoms with Crippen molar-refractivity contribution in [1.29, 1.82) is 0 Å². The number of ether oxygens (including phenoxy) is 1. The average Bonchev–Trinajstić information content (AvgIpc) is 2.50. The van der Waals surface area contributed by atoms with E-state index in [1.807, 2.05) is 0 Å². The number of aromatic carboxylic acids is 1. The van der Waals surface area contributed by atoms with E-state index in [-0.39, 0.29) is 11.5 Å². The molecule has 2 rings (SSSR count). The normalized spacial score (nSPS) is 11.5. The number of carbonyl (C=O) groups is 2. The fourth-order valence-corrected chi connectivity index (χ4v) is 1.84. The van der Waals surface area contributed by atoms with Gasteiger partial charge in [0, 0.05) is 10.7 Å². The monoisotopic (exact) mass is 319 g/mol. The summed E-state index contributed by atoms with van der Waals surface area (Å²) in [6.07, 6.45) is -0.730. The van der Waals surface area contributed by atoms with Crippen LogP contribution in [0.25, 0.3) is 0 Å². The summed E-state index contributed by atoms with van der Waals surface area (Å²) in [5, 5.41) is 12.1. The Morgan fingerprint density at radius 2 is 1.68 bits per heavy atom. The molecule has 0 saturated heterocycles. The van der Waals surface area contributed by atoms with Crippen molar-refractivity contribution in [2.75, 3.05) is 5.32 Å². The summed E-state index contributed by atoms with van der Waals surface area (Å²) < 4.78 is 5.48. The molecular formula is C16H14ClNO4. The van der Waals surface area contributed by atoms with Crippen LogP contribution in [-0.4, -0.2) is 23.1 Å². The van der Waals surface area contributed by atoms with Crippen molar-refractivity contribution in [1.82, 2.24) is 0 Å². The number of carboxylic acid groups (broad SMARTS) is 1. The fraction of sp³-hybridized carbons (Fsp3) is 0.125. The lowest BCUT2D eigenvalue weighted by atomic mass is 10.2. The molecule has 2 N–H and O–H groups in total. The minimum atomic E-state index is -1.01. The lowest BCUT2D eigenvalue weighted by Crippen LogP contribution is -2.30. The third-order valence-corrected chi connectivity index (χ3v) is 3.15. The number of anilines is 1. The Labute approximate surface area is 132 Å². The van der Waals surface area contributed by atoms with Gasteiger partial charge in [-0.1, -0.05) is 11.6 Å². The Morgan fingerprint density at radius 3 is 2.23 bits per heavy atom. The lowest BCUT2D eigenvalue weighted by Gasteiger charge is -2.15. The van der Waals surface area contributed by atoms with Crippen molar-refractivity contribution in [3.05, 3.63) is 59.1 Å². The fourth-order valence-electron chi connectivity index (χ4n) is 1.71. The van der Waals surface area contributed by atoms with E-state index < -0.39 is 12.1 Å². The molecule has 0 radical (unpaired) electrons. The zero-order chi connectivity index (χ0) is 16.1. The van der Waals surface area contributed by atoms with E-state index in [1.165, 1.54) is 24.3 Å². The molecule has 5 nitrogen and oxygen atoms in total. The Kier molecular flexibility index (Phi) is 5.01. The minimum Gasteiger partial charge on any atom is -0.481 e. The first-order valence-corrected chi connectivity index (χ1v) is 6.90. The van der Waals surface area contributed by atoms with Crippen LogP contribution in [0, 0.1) is 0 Å². The highest BCUT2D eigenvalue weighted by Crippen LogP contribution is 2.16. The van der Waals surface area contributed by atoms with Crippen molar-refractivity contribution in [2.24, 2.45) is 0 Å². The molecule has 0 aliphatic rings. The SMILES string of the molecule is C[C@@H](Oc1ccc(C(=O)O)cc1)C(=O)Nc1ccc(Cl)cc1. The van der Waals surface area contributed by atoms with E-state index in [2.05, 4.69) is 5.32 Å². The van der Waals surface area contributed by atoms with Gasteiger partial charge < -0.3 is 15.2 Å². The number of hydrogen-bond acceptors (Lipinski definition) is 3. The van der Waals surface area contributed by atoms with Crippen LogP contribution in [0.2, 0.25) is 5.02 Å². The third kappa shape index (κ3) is 4.23. The van der Waals surface area contributed by atoms with Gasteiger partial charge in [-0.2, -0.15) is 0 Å². The zero-order valence-electron chi connectivity index (χ0n) is 11.7. The number of carbonyl (C=O) groups excluding carboxylic acids is 1. The molecule has 0 aromatic heterocycles. The van der Waals surface area contributed by atoms with Crippen LogP contribution in [0.5, 0.6) is 5.75 Å². The molecule has 0 aliphatic carbocycles. The van der Waals surface area contributed by atoms with Crippen molar-refractivity contribution in [3.8, 4) is 5.75 Å². The second-order valence-corrected chi connectivity index (χ2v) is 5.02. The van der Waals surface area contributed by atoms with Crippen LogP contribution in [0.1, 0.15) is 17.3 Å². The first-order chi connectivity index (χ1) is 10.5. The molecule has 0 saturated carbocycles. The number of nitrogens with one attached hydrogen (secondary N) is 1. The lowest BCUT2D eigenvalue weighted by molar-refractivity contribution is -0.122. The topological polar surface area (TPSA) is 75.6 Å². The molecule has 0 fully saturated rings. The molecular weight excluding hydrogens is 306 g/mol. The standard InChI is InChI=1S/C16H14ClNO4/c1-10(15(19)18-13-6-4-12(17)5-7-13)22-14-8-2-11(3-9-14)16(20)21/h2-10H,1H3,(H,18,19)(H,20,21)/t10-/m1/s1. The molecule has 2 aromatic carbocycles. The summed E-state index contributed by atoms with van der Waals surface area (Å²) in [5.74, 6) is -0.909. The Morgan fingerprint density at radius 1 is 1.09 bits per heavy atom. The van der Waals surface area contributed by atoms with E-state index in [0.717, 1.165) is 0 Å². The highest BCUT2D eigenvalue weighted by Gasteiger charge is 2.15. The van der Waals surface area contributed by atoms with Gasteiger partial charge in [-0.25, -0.2) is 4.79 Å². The molecule has 0 unspecified atom stereocenters. The van der Waals surface area contributed by atoms with Gasteiger partial charge in [0.25, 0.3) is 5.91 Å². The molecule has 22 heavy (non-hydrogen) atoms. The summed E-state index contributed by atoms with van der Waals surface area (Å²) in [7, 11) is 0. The Balaban J connectivity index is 1.95. The smallest absolute Gasteiger partial charge is 0.335 e. The van der Waals surface area contributed by atoms with Gasteiger partial charge in [0.05, 0.1) is 5.56 Å². The number of carboxylic acids is 1. The van der Waals surface area contributed by atoms with Crippen molar-refractivity contribution in [3.63, 3.8) is 0 Å².